The van der Waals surface area contributed by atoms with Gasteiger partial charge in [0.2, 0.25) is 0 Å². The Balaban J connectivity index is 2.02. The molecule has 0 bridgehead atoms. The van der Waals surface area contributed by atoms with Crippen LogP contribution in [-0.4, -0.2) is 4.98 Å². The molecule has 0 amide bonds. The number of rotatable bonds is 1. The third-order valence-electron chi connectivity index (χ3n) is 4.54. The molecule has 2 unspecified atom stereocenters. The smallest absolute Gasteiger partial charge is 0.0407 e. The van der Waals surface area contributed by atoms with Crippen LogP contribution in [0.25, 0.3) is 0 Å². The summed E-state index contributed by atoms with van der Waals surface area (Å²) < 4.78 is 0. The van der Waals surface area contributed by atoms with Crippen LogP contribution in [0.5, 0.6) is 0 Å². The molecule has 0 N–H and O–H groups in total. The van der Waals surface area contributed by atoms with Crippen molar-refractivity contribution < 1.29 is 0 Å². The molecule has 0 saturated heterocycles. The summed E-state index contributed by atoms with van der Waals surface area (Å²) in [6.45, 7) is 6.64. The number of benzene rings is 1. The molecule has 19 heavy (non-hydrogen) atoms. The molecule has 0 saturated carbocycles. The zero-order valence-electron chi connectivity index (χ0n) is 12.0. The maximum atomic E-state index is 4.54. The molecule has 98 valence electrons. The zero-order chi connectivity index (χ0) is 13.4. The molecular formula is C18H21N. The highest BCUT2D eigenvalue weighted by Crippen LogP contribution is 2.42. The van der Waals surface area contributed by atoms with E-state index in [4.69, 9.17) is 0 Å². The fourth-order valence-electron chi connectivity index (χ4n) is 3.44. The minimum atomic E-state index is 0.590. The van der Waals surface area contributed by atoms with Crippen molar-refractivity contribution in [2.45, 2.75) is 45.4 Å². The summed E-state index contributed by atoms with van der Waals surface area (Å²) in [4.78, 5) is 4.54. The van der Waals surface area contributed by atoms with Crippen LogP contribution in [0.3, 0.4) is 0 Å². The summed E-state index contributed by atoms with van der Waals surface area (Å²) in [5.74, 6) is 1.20. The van der Waals surface area contributed by atoms with Gasteiger partial charge in [0.1, 0.15) is 0 Å². The van der Waals surface area contributed by atoms with Gasteiger partial charge in [0.15, 0.2) is 0 Å². The lowest BCUT2D eigenvalue weighted by atomic mass is 9.72. The molecule has 0 radical (unpaired) electrons. The van der Waals surface area contributed by atoms with E-state index in [9.17, 15) is 0 Å². The summed E-state index contributed by atoms with van der Waals surface area (Å²) in [7, 11) is 0. The molecule has 2 atom stereocenters. The van der Waals surface area contributed by atoms with E-state index in [1.54, 1.807) is 0 Å². The van der Waals surface area contributed by atoms with E-state index < -0.39 is 0 Å². The highest BCUT2D eigenvalue weighted by atomic mass is 14.7. The molecule has 1 nitrogen and oxygen atoms in total. The lowest BCUT2D eigenvalue weighted by molar-refractivity contribution is 0.498. The van der Waals surface area contributed by atoms with Crippen LogP contribution >= 0.6 is 0 Å². The van der Waals surface area contributed by atoms with Crippen LogP contribution in [0.15, 0.2) is 36.5 Å². The van der Waals surface area contributed by atoms with E-state index in [0.29, 0.717) is 11.8 Å². The van der Waals surface area contributed by atoms with Crippen LogP contribution in [0.1, 0.15) is 53.1 Å². The standard InChI is InChI=1S/C18H21N/c1-12-10-18(14(3)19-11-12)17-9-8-15-6-4-5-7-16(15)13(17)2/h4-7,10-11,13,17H,8-9H2,1-3H3. The SMILES string of the molecule is Cc1cnc(C)c(C2CCc3ccccc3C2C)c1. The number of aromatic nitrogens is 1. The van der Waals surface area contributed by atoms with Crippen molar-refractivity contribution in [3.05, 3.63) is 64.5 Å². The first-order valence-electron chi connectivity index (χ1n) is 7.18. The van der Waals surface area contributed by atoms with Gasteiger partial charge < -0.3 is 0 Å². The summed E-state index contributed by atoms with van der Waals surface area (Å²) in [5, 5.41) is 0. The van der Waals surface area contributed by atoms with E-state index in [2.05, 4.69) is 56.1 Å². The number of nitrogens with zero attached hydrogens (tertiary/aromatic N) is 1. The van der Waals surface area contributed by atoms with Gasteiger partial charge in [-0.25, -0.2) is 0 Å². The van der Waals surface area contributed by atoms with Crippen LogP contribution in [0.2, 0.25) is 0 Å². The molecule has 1 aliphatic rings. The largest absolute Gasteiger partial charge is 0.261 e. The van der Waals surface area contributed by atoms with Gasteiger partial charge in [-0.3, -0.25) is 4.98 Å². The van der Waals surface area contributed by atoms with E-state index in [0.717, 1.165) is 0 Å². The van der Waals surface area contributed by atoms with E-state index >= 15 is 0 Å². The van der Waals surface area contributed by atoms with Crippen molar-refractivity contribution in [2.75, 3.05) is 0 Å². The maximum Gasteiger partial charge on any atom is 0.0407 e. The molecule has 1 heteroatoms. The Morgan fingerprint density at radius 1 is 1.11 bits per heavy atom. The molecule has 2 aromatic rings. The summed E-state index contributed by atoms with van der Waals surface area (Å²) >= 11 is 0. The summed E-state index contributed by atoms with van der Waals surface area (Å²) in [6, 6.07) is 11.2. The van der Waals surface area contributed by atoms with Gasteiger partial charge in [-0.1, -0.05) is 37.3 Å². The average Bonchev–Trinajstić information content (AvgIpc) is 2.43. The third-order valence-corrected chi connectivity index (χ3v) is 4.54. The van der Waals surface area contributed by atoms with Crippen LogP contribution in [0, 0.1) is 13.8 Å². The Morgan fingerprint density at radius 3 is 2.74 bits per heavy atom. The Labute approximate surface area is 115 Å². The second-order valence-corrected chi connectivity index (χ2v) is 5.82. The first-order chi connectivity index (χ1) is 9.16. The number of hydrogen-bond donors (Lipinski definition) is 0. The summed E-state index contributed by atoms with van der Waals surface area (Å²) in [6.07, 6.45) is 4.41. The second-order valence-electron chi connectivity index (χ2n) is 5.82. The Bertz CT molecular complexity index is 600. The number of aryl methyl sites for hydroxylation is 3. The number of hydrogen-bond acceptors (Lipinski definition) is 1. The van der Waals surface area contributed by atoms with Crippen LogP contribution < -0.4 is 0 Å². The molecule has 1 aromatic heterocycles. The normalized spacial score (nSPS) is 22.1. The Kier molecular flexibility index (Phi) is 3.14. The topological polar surface area (TPSA) is 12.9 Å². The predicted octanol–water partition coefficient (Wildman–Crippen LogP) is 4.53. The van der Waals surface area contributed by atoms with Crippen LogP contribution in [0.4, 0.5) is 0 Å². The van der Waals surface area contributed by atoms with E-state index in [1.807, 2.05) is 6.20 Å². The van der Waals surface area contributed by atoms with Gasteiger partial charge >= 0.3 is 0 Å². The summed E-state index contributed by atoms with van der Waals surface area (Å²) in [5.41, 5.74) is 6.97. The van der Waals surface area contributed by atoms with Crippen molar-refractivity contribution in [3.8, 4) is 0 Å². The van der Waals surface area contributed by atoms with Crippen molar-refractivity contribution in [1.29, 1.82) is 0 Å². The third kappa shape index (κ3) is 2.18. The van der Waals surface area contributed by atoms with Crippen molar-refractivity contribution in [2.24, 2.45) is 0 Å². The van der Waals surface area contributed by atoms with Gasteiger partial charge in [0.05, 0.1) is 0 Å². The van der Waals surface area contributed by atoms with E-state index in [1.165, 1.54) is 40.8 Å². The van der Waals surface area contributed by atoms with Crippen molar-refractivity contribution in [1.82, 2.24) is 4.98 Å². The molecule has 1 aliphatic carbocycles. The van der Waals surface area contributed by atoms with Crippen LogP contribution in [-0.2, 0) is 6.42 Å². The number of pyridine rings is 1. The van der Waals surface area contributed by atoms with Gasteiger partial charge in [-0.15, -0.1) is 0 Å². The molecule has 0 fully saturated rings. The second kappa shape index (κ2) is 4.80. The molecule has 0 aliphatic heterocycles. The Hall–Kier alpha value is -1.63. The maximum absolute atomic E-state index is 4.54. The molecular weight excluding hydrogens is 230 g/mol. The average molecular weight is 251 g/mol. The van der Waals surface area contributed by atoms with Gasteiger partial charge in [0, 0.05) is 11.9 Å². The minimum absolute atomic E-state index is 0.590. The lowest BCUT2D eigenvalue weighted by Crippen LogP contribution is -2.18. The fourth-order valence-corrected chi connectivity index (χ4v) is 3.44. The molecule has 1 aromatic carbocycles. The first-order valence-corrected chi connectivity index (χ1v) is 7.18. The fraction of sp³-hybridized carbons (Fsp3) is 0.389. The molecule has 0 spiro atoms. The Morgan fingerprint density at radius 2 is 1.89 bits per heavy atom. The monoisotopic (exact) mass is 251 g/mol. The molecule has 3 rings (SSSR count). The zero-order valence-corrected chi connectivity index (χ0v) is 12.0. The minimum Gasteiger partial charge on any atom is -0.261 e. The van der Waals surface area contributed by atoms with Crippen molar-refractivity contribution in [3.63, 3.8) is 0 Å². The van der Waals surface area contributed by atoms with Gasteiger partial charge in [-0.05, 0) is 60.8 Å². The quantitative estimate of drug-likeness (QED) is 0.725. The molecule has 1 heterocycles. The van der Waals surface area contributed by atoms with E-state index in [-0.39, 0.29) is 0 Å². The van der Waals surface area contributed by atoms with Gasteiger partial charge in [-0.2, -0.15) is 0 Å². The highest BCUT2D eigenvalue weighted by molar-refractivity contribution is 5.39. The predicted molar refractivity (Wildman–Crippen MR) is 79.6 cm³/mol. The lowest BCUT2D eigenvalue weighted by Gasteiger charge is -2.32. The first kappa shape index (κ1) is 12.4. The van der Waals surface area contributed by atoms with Gasteiger partial charge in [0.25, 0.3) is 0 Å². The highest BCUT2D eigenvalue weighted by Gasteiger charge is 2.28. The number of fused-ring (bicyclic) bond motifs is 1. The van der Waals surface area contributed by atoms with Crippen molar-refractivity contribution >= 4 is 0 Å².